The van der Waals surface area contributed by atoms with Crippen molar-refractivity contribution in [2.24, 2.45) is 0 Å². The summed E-state index contributed by atoms with van der Waals surface area (Å²) in [6.07, 6.45) is -3.62. The Morgan fingerprint density at radius 3 is 2.10 bits per heavy atom. The summed E-state index contributed by atoms with van der Waals surface area (Å²) in [6.45, 7) is 1.23. The molecule has 152 valence electrons. The number of sulfone groups is 1. The van der Waals surface area contributed by atoms with E-state index >= 15 is 0 Å². The highest BCUT2D eigenvalue weighted by atomic mass is 32.2. The van der Waals surface area contributed by atoms with Crippen LogP contribution in [-0.2, 0) is 20.8 Å². The molecule has 3 aromatic rings. The first-order valence-corrected chi connectivity index (χ1v) is 10.1. The van der Waals surface area contributed by atoms with E-state index in [1.807, 2.05) is 0 Å². The highest BCUT2D eigenvalue weighted by Crippen LogP contribution is 2.33. The Bertz CT molecular complexity index is 1150. The van der Waals surface area contributed by atoms with E-state index in [-0.39, 0.29) is 16.3 Å². The van der Waals surface area contributed by atoms with Crippen molar-refractivity contribution in [2.75, 3.05) is 6.26 Å². The van der Waals surface area contributed by atoms with Gasteiger partial charge in [-0.2, -0.15) is 18.3 Å². The van der Waals surface area contributed by atoms with Crippen molar-refractivity contribution in [3.05, 3.63) is 60.3 Å². The molecule has 0 unspecified atom stereocenters. The summed E-state index contributed by atoms with van der Waals surface area (Å²) in [5, 5.41) is 3.66. The van der Waals surface area contributed by atoms with Crippen LogP contribution in [-0.4, -0.2) is 30.4 Å². The van der Waals surface area contributed by atoms with E-state index in [9.17, 15) is 26.4 Å². The molecule has 0 spiro atoms. The number of benzene rings is 2. The average molecular weight is 424 g/mol. The summed E-state index contributed by atoms with van der Waals surface area (Å²) in [6, 6.07) is 12.1. The number of hydrogen-bond donors (Lipinski definition) is 0. The van der Waals surface area contributed by atoms with E-state index in [4.69, 9.17) is 4.74 Å². The SMILES string of the molecule is CC(=O)Oc1ccc(-n2nc(C(F)(F)F)cc2-c2ccc(S(C)(=O)=O)cc2)cc1. The molecule has 0 amide bonds. The lowest BCUT2D eigenvalue weighted by Gasteiger charge is -2.09. The third-order valence-electron chi connectivity index (χ3n) is 3.92. The van der Waals surface area contributed by atoms with Gasteiger partial charge in [0.2, 0.25) is 0 Å². The number of hydrogen-bond acceptors (Lipinski definition) is 5. The average Bonchev–Trinajstić information content (AvgIpc) is 3.07. The lowest BCUT2D eigenvalue weighted by atomic mass is 10.1. The van der Waals surface area contributed by atoms with Crippen LogP contribution in [0.2, 0.25) is 0 Å². The monoisotopic (exact) mass is 424 g/mol. The maximum absolute atomic E-state index is 13.2. The molecule has 1 aromatic heterocycles. The minimum absolute atomic E-state index is 0.0501. The van der Waals surface area contributed by atoms with Crippen LogP contribution in [0.5, 0.6) is 5.75 Å². The molecule has 0 bridgehead atoms. The summed E-state index contributed by atoms with van der Waals surface area (Å²) in [5.41, 5.74) is -0.315. The van der Waals surface area contributed by atoms with Crippen LogP contribution < -0.4 is 4.74 Å². The number of esters is 1. The highest BCUT2D eigenvalue weighted by Gasteiger charge is 2.35. The van der Waals surface area contributed by atoms with Crippen LogP contribution in [0.25, 0.3) is 16.9 Å². The van der Waals surface area contributed by atoms with E-state index < -0.39 is 27.7 Å². The normalized spacial score (nSPS) is 12.0. The molecule has 0 N–H and O–H groups in total. The van der Waals surface area contributed by atoms with E-state index in [2.05, 4.69) is 5.10 Å². The maximum atomic E-state index is 13.2. The number of rotatable bonds is 4. The molecular formula is C19H15F3N2O4S. The first kappa shape index (κ1) is 20.6. The number of carbonyl (C=O) groups excluding carboxylic acids is 1. The smallest absolute Gasteiger partial charge is 0.427 e. The van der Waals surface area contributed by atoms with Gasteiger partial charge in [-0.25, -0.2) is 13.1 Å². The van der Waals surface area contributed by atoms with Gasteiger partial charge in [-0.15, -0.1) is 0 Å². The van der Waals surface area contributed by atoms with Crippen molar-refractivity contribution in [3.63, 3.8) is 0 Å². The molecule has 6 nitrogen and oxygen atoms in total. The lowest BCUT2D eigenvalue weighted by Crippen LogP contribution is -2.07. The largest absolute Gasteiger partial charge is 0.435 e. The third-order valence-corrected chi connectivity index (χ3v) is 5.05. The number of carbonyl (C=O) groups is 1. The Balaban J connectivity index is 2.09. The van der Waals surface area contributed by atoms with Gasteiger partial charge in [0.15, 0.2) is 15.5 Å². The van der Waals surface area contributed by atoms with Gasteiger partial charge in [-0.1, -0.05) is 12.1 Å². The van der Waals surface area contributed by atoms with Crippen molar-refractivity contribution in [1.82, 2.24) is 9.78 Å². The molecular weight excluding hydrogens is 409 g/mol. The van der Waals surface area contributed by atoms with Crippen LogP contribution in [0.15, 0.2) is 59.5 Å². The minimum Gasteiger partial charge on any atom is -0.427 e. The fourth-order valence-electron chi connectivity index (χ4n) is 2.62. The van der Waals surface area contributed by atoms with Crippen LogP contribution in [0, 0.1) is 0 Å². The second-order valence-electron chi connectivity index (χ2n) is 6.21. The fraction of sp³-hybridized carbons (Fsp3) is 0.158. The van der Waals surface area contributed by atoms with Gasteiger partial charge in [-0.05, 0) is 42.5 Å². The Hall–Kier alpha value is -3.14. The van der Waals surface area contributed by atoms with Gasteiger partial charge >= 0.3 is 12.1 Å². The van der Waals surface area contributed by atoms with E-state index in [0.717, 1.165) is 17.0 Å². The van der Waals surface area contributed by atoms with Crippen molar-refractivity contribution >= 4 is 15.8 Å². The summed E-state index contributed by atoms with van der Waals surface area (Å²) < 4.78 is 68.9. The number of alkyl halides is 3. The van der Waals surface area contributed by atoms with Gasteiger partial charge in [0.1, 0.15) is 5.75 Å². The quantitative estimate of drug-likeness (QED) is 0.469. The van der Waals surface area contributed by atoms with Gasteiger partial charge in [-0.3, -0.25) is 4.79 Å². The van der Waals surface area contributed by atoms with Crippen LogP contribution >= 0.6 is 0 Å². The molecule has 0 aliphatic heterocycles. The van der Waals surface area contributed by atoms with Crippen LogP contribution in [0.1, 0.15) is 12.6 Å². The molecule has 0 saturated heterocycles. The second-order valence-corrected chi connectivity index (χ2v) is 8.22. The standard InChI is InChI=1S/C19H15F3N2O4S/c1-12(25)28-15-7-5-14(6-8-15)24-17(11-18(23-24)19(20,21)22)13-3-9-16(10-4-13)29(2,26)27/h3-11H,1-2H3. The Labute approximate surface area is 164 Å². The molecule has 3 rings (SSSR count). The molecule has 1 heterocycles. The fourth-order valence-corrected chi connectivity index (χ4v) is 3.25. The zero-order chi connectivity index (χ0) is 21.4. The molecule has 29 heavy (non-hydrogen) atoms. The Morgan fingerprint density at radius 1 is 1.03 bits per heavy atom. The lowest BCUT2D eigenvalue weighted by molar-refractivity contribution is -0.141. The molecule has 0 aliphatic carbocycles. The molecule has 0 aliphatic rings. The predicted octanol–water partition coefficient (Wildman–Crippen LogP) is 3.89. The number of nitrogens with zero attached hydrogens (tertiary/aromatic N) is 2. The van der Waals surface area contributed by atoms with Gasteiger partial charge in [0.25, 0.3) is 0 Å². The van der Waals surface area contributed by atoms with Gasteiger partial charge in [0.05, 0.1) is 16.3 Å². The van der Waals surface area contributed by atoms with Crippen LogP contribution in [0.4, 0.5) is 13.2 Å². The summed E-state index contributed by atoms with van der Waals surface area (Å²) in [4.78, 5) is 11.1. The van der Waals surface area contributed by atoms with Gasteiger partial charge in [0, 0.05) is 18.7 Å². The van der Waals surface area contributed by atoms with E-state index in [1.165, 1.54) is 55.5 Å². The summed E-state index contributed by atoms with van der Waals surface area (Å²) in [7, 11) is -3.44. The molecule has 0 fully saturated rings. The maximum Gasteiger partial charge on any atom is 0.435 e. The first-order valence-electron chi connectivity index (χ1n) is 8.22. The Morgan fingerprint density at radius 2 is 1.62 bits per heavy atom. The van der Waals surface area contributed by atoms with Crippen molar-refractivity contribution < 1.29 is 31.1 Å². The zero-order valence-corrected chi connectivity index (χ0v) is 16.1. The molecule has 2 aromatic carbocycles. The first-order chi connectivity index (χ1) is 13.4. The van der Waals surface area contributed by atoms with Crippen LogP contribution in [0.3, 0.4) is 0 Å². The third kappa shape index (κ3) is 4.65. The molecule has 10 heteroatoms. The van der Waals surface area contributed by atoms with Crippen molar-refractivity contribution in [2.45, 2.75) is 18.0 Å². The van der Waals surface area contributed by atoms with E-state index in [0.29, 0.717) is 11.3 Å². The summed E-state index contributed by atoms with van der Waals surface area (Å²) >= 11 is 0. The Kier molecular flexibility index (Phi) is 5.22. The predicted molar refractivity (Wildman–Crippen MR) is 98.4 cm³/mol. The zero-order valence-electron chi connectivity index (χ0n) is 15.3. The molecule has 0 atom stereocenters. The highest BCUT2D eigenvalue weighted by molar-refractivity contribution is 7.90. The van der Waals surface area contributed by atoms with Crippen molar-refractivity contribution in [3.8, 4) is 22.7 Å². The van der Waals surface area contributed by atoms with Crippen molar-refractivity contribution in [1.29, 1.82) is 0 Å². The topological polar surface area (TPSA) is 78.3 Å². The number of aromatic nitrogens is 2. The van der Waals surface area contributed by atoms with E-state index in [1.54, 1.807) is 0 Å². The minimum atomic E-state index is -4.66. The second kappa shape index (κ2) is 7.36. The number of ether oxygens (including phenoxy) is 1. The molecule has 0 radical (unpaired) electrons. The molecule has 0 saturated carbocycles. The summed E-state index contributed by atoms with van der Waals surface area (Å²) in [5.74, 6) is -0.286. The number of halogens is 3. The van der Waals surface area contributed by atoms with Gasteiger partial charge < -0.3 is 4.74 Å².